The third-order valence-electron chi connectivity index (χ3n) is 2.90. The third-order valence-corrected chi connectivity index (χ3v) is 2.90. The molecule has 1 heterocycles. The van der Waals surface area contributed by atoms with Gasteiger partial charge in [0.2, 0.25) is 0 Å². The first-order valence-electron chi connectivity index (χ1n) is 6.00. The van der Waals surface area contributed by atoms with Crippen LogP contribution >= 0.6 is 0 Å². The Kier molecular flexibility index (Phi) is 5.67. The lowest BCUT2D eigenvalue weighted by atomic mass is 9.99. The maximum absolute atomic E-state index is 8.59. The zero-order chi connectivity index (χ0) is 11.1. The molecule has 1 fully saturated rings. The minimum absolute atomic E-state index is 0.306. The molecule has 0 aromatic heterocycles. The molecular weight excluding hydrogens is 188 g/mol. The van der Waals surface area contributed by atoms with Crippen molar-refractivity contribution in [1.82, 2.24) is 5.32 Å². The fraction of sp³-hybridized carbons (Fsp3) is 0.917. The molecule has 1 aliphatic heterocycles. The van der Waals surface area contributed by atoms with E-state index >= 15 is 0 Å². The lowest BCUT2D eigenvalue weighted by molar-refractivity contribution is -0.00457. The van der Waals surface area contributed by atoms with E-state index in [1.165, 1.54) is 6.42 Å². The molecular formula is C12H22N2O. The summed E-state index contributed by atoms with van der Waals surface area (Å²) in [7, 11) is 0. The van der Waals surface area contributed by atoms with Crippen molar-refractivity contribution < 1.29 is 4.74 Å². The van der Waals surface area contributed by atoms with E-state index in [-0.39, 0.29) is 0 Å². The van der Waals surface area contributed by atoms with Gasteiger partial charge in [0.05, 0.1) is 18.6 Å². The molecule has 0 radical (unpaired) electrons. The maximum Gasteiger partial charge on any atom is 0.0638 e. The predicted molar refractivity (Wildman–Crippen MR) is 60.5 cm³/mol. The minimum Gasteiger partial charge on any atom is -0.378 e. The summed E-state index contributed by atoms with van der Waals surface area (Å²) in [4.78, 5) is 0. The van der Waals surface area contributed by atoms with Crippen LogP contribution in [0.15, 0.2) is 0 Å². The molecule has 1 rings (SSSR count). The number of nitrogens with one attached hydrogen (secondary N) is 1. The van der Waals surface area contributed by atoms with Gasteiger partial charge in [0, 0.05) is 18.7 Å². The van der Waals surface area contributed by atoms with E-state index in [0.717, 1.165) is 25.9 Å². The Hall–Kier alpha value is -0.590. The molecule has 3 heteroatoms. The van der Waals surface area contributed by atoms with Gasteiger partial charge in [0.15, 0.2) is 0 Å². The normalized spacial score (nSPS) is 28.3. The molecule has 3 unspecified atom stereocenters. The first-order valence-corrected chi connectivity index (χ1v) is 6.00. The standard InChI is InChI=1S/C12H22N2O/c1-3-4-12-9-11(6-8-15-12)14-10(2)5-7-13/h10-12,14H,3-6,8-9H2,1-2H3. The van der Waals surface area contributed by atoms with Crippen LogP contribution in [0.25, 0.3) is 0 Å². The van der Waals surface area contributed by atoms with Crippen LogP contribution in [0.3, 0.4) is 0 Å². The highest BCUT2D eigenvalue weighted by Crippen LogP contribution is 2.18. The molecule has 0 aromatic carbocycles. The van der Waals surface area contributed by atoms with Crippen molar-refractivity contribution >= 4 is 0 Å². The zero-order valence-electron chi connectivity index (χ0n) is 9.83. The number of hydrogen-bond donors (Lipinski definition) is 1. The molecule has 1 saturated heterocycles. The minimum atomic E-state index is 0.306. The Morgan fingerprint density at radius 2 is 2.40 bits per heavy atom. The summed E-state index contributed by atoms with van der Waals surface area (Å²) in [5, 5.41) is 12.1. The topological polar surface area (TPSA) is 45.0 Å². The molecule has 86 valence electrons. The SMILES string of the molecule is CCCC1CC(NC(C)CC#N)CCO1. The van der Waals surface area contributed by atoms with E-state index in [9.17, 15) is 0 Å². The Bertz CT molecular complexity index is 210. The molecule has 3 nitrogen and oxygen atoms in total. The van der Waals surface area contributed by atoms with Gasteiger partial charge >= 0.3 is 0 Å². The second-order valence-corrected chi connectivity index (χ2v) is 4.43. The van der Waals surface area contributed by atoms with Crippen LogP contribution in [0.2, 0.25) is 0 Å². The predicted octanol–water partition coefficient (Wildman–Crippen LogP) is 2.23. The monoisotopic (exact) mass is 210 g/mol. The van der Waals surface area contributed by atoms with E-state index in [0.29, 0.717) is 24.6 Å². The summed E-state index contributed by atoms with van der Waals surface area (Å²) in [6.07, 6.45) is 5.54. The van der Waals surface area contributed by atoms with Crippen LogP contribution in [-0.2, 0) is 4.74 Å². The van der Waals surface area contributed by atoms with Crippen molar-refractivity contribution in [2.75, 3.05) is 6.61 Å². The Morgan fingerprint density at radius 1 is 1.60 bits per heavy atom. The van der Waals surface area contributed by atoms with Gasteiger partial charge in [-0.05, 0) is 26.2 Å². The third kappa shape index (κ3) is 4.63. The van der Waals surface area contributed by atoms with Crippen LogP contribution in [0.1, 0.15) is 46.0 Å². The van der Waals surface area contributed by atoms with E-state index < -0.39 is 0 Å². The summed E-state index contributed by atoms with van der Waals surface area (Å²) in [6.45, 7) is 5.13. The van der Waals surface area contributed by atoms with Crippen LogP contribution < -0.4 is 5.32 Å². The first kappa shape index (κ1) is 12.5. The van der Waals surface area contributed by atoms with Gasteiger partial charge in [-0.3, -0.25) is 0 Å². The lowest BCUT2D eigenvalue weighted by Gasteiger charge is -2.31. The van der Waals surface area contributed by atoms with E-state index in [1.54, 1.807) is 0 Å². The van der Waals surface area contributed by atoms with Crippen molar-refractivity contribution in [3.05, 3.63) is 0 Å². The summed E-state index contributed by atoms with van der Waals surface area (Å²) < 4.78 is 5.69. The van der Waals surface area contributed by atoms with Crippen LogP contribution in [0, 0.1) is 11.3 Å². The highest BCUT2D eigenvalue weighted by Gasteiger charge is 2.22. The lowest BCUT2D eigenvalue weighted by Crippen LogP contribution is -2.42. The van der Waals surface area contributed by atoms with Gasteiger partial charge in [0.1, 0.15) is 0 Å². The van der Waals surface area contributed by atoms with Crippen molar-refractivity contribution in [3.63, 3.8) is 0 Å². The van der Waals surface area contributed by atoms with Crippen molar-refractivity contribution in [3.8, 4) is 6.07 Å². The van der Waals surface area contributed by atoms with Gasteiger partial charge < -0.3 is 10.1 Å². The van der Waals surface area contributed by atoms with E-state index in [1.807, 2.05) is 0 Å². The number of hydrogen-bond acceptors (Lipinski definition) is 3. The van der Waals surface area contributed by atoms with Gasteiger partial charge in [-0.1, -0.05) is 13.3 Å². The molecule has 0 saturated carbocycles. The second-order valence-electron chi connectivity index (χ2n) is 4.43. The molecule has 15 heavy (non-hydrogen) atoms. The zero-order valence-corrected chi connectivity index (χ0v) is 9.83. The molecule has 0 spiro atoms. The fourth-order valence-corrected chi connectivity index (χ4v) is 2.15. The highest BCUT2D eigenvalue weighted by atomic mass is 16.5. The van der Waals surface area contributed by atoms with Crippen LogP contribution in [-0.4, -0.2) is 24.8 Å². The smallest absolute Gasteiger partial charge is 0.0638 e. The van der Waals surface area contributed by atoms with Crippen molar-refractivity contribution in [2.24, 2.45) is 0 Å². The average molecular weight is 210 g/mol. The van der Waals surface area contributed by atoms with Crippen LogP contribution in [0.4, 0.5) is 0 Å². The van der Waals surface area contributed by atoms with Gasteiger partial charge in [-0.2, -0.15) is 5.26 Å². The van der Waals surface area contributed by atoms with E-state index in [4.69, 9.17) is 10.00 Å². The quantitative estimate of drug-likeness (QED) is 0.756. The summed E-state index contributed by atoms with van der Waals surface area (Å²) in [6, 6.07) is 3.05. The maximum atomic E-state index is 8.59. The van der Waals surface area contributed by atoms with Crippen molar-refractivity contribution in [2.45, 2.75) is 64.1 Å². The Balaban J connectivity index is 2.27. The summed E-state index contributed by atoms with van der Waals surface area (Å²) in [5.74, 6) is 0. The molecule has 0 aliphatic carbocycles. The van der Waals surface area contributed by atoms with Crippen LogP contribution in [0.5, 0.6) is 0 Å². The van der Waals surface area contributed by atoms with Gasteiger partial charge in [-0.15, -0.1) is 0 Å². The van der Waals surface area contributed by atoms with Gasteiger partial charge in [-0.25, -0.2) is 0 Å². The second kappa shape index (κ2) is 6.81. The summed E-state index contributed by atoms with van der Waals surface area (Å²) >= 11 is 0. The first-order chi connectivity index (χ1) is 7.26. The number of rotatable bonds is 5. The molecule has 0 bridgehead atoms. The summed E-state index contributed by atoms with van der Waals surface area (Å²) in [5.41, 5.74) is 0. The number of ether oxygens (including phenoxy) is 1. The molecule has 0 aromatic rings. The fourth-order valence-electron chi connectivity index (χ4n) is 2.15. The number of nitriles is 1. The Morgan fingerprint density at radius 3 is 3.07 bits per heavy atom. The van der Waals surface area contributed by atoms with Gasteiger partial charge in [0.25, 0.3) is 0 Å². The largest absolute Gasteiger partial charge is 0.378 e. The Labute approximate surface area is 92.8 Å². The van der Waals surface area contributed by atoms with Crippen molar-refractivity contribution in [1.29, 1.82) is 5.26 Å². The molecule has 3 atom stereocenters. The average Bonchev–Trinajstić information content (AvgIpc) is 2.19. The van der Waals surface area contributed by atoms with E-state index in [2.05, 4.69) is 25.2 Å². The highest BCUT2D eigenvalue weighted by molar-refractivity contribution is 4.83. The number of nitrogens with zero attached hydrogens (tertiary/aromatic N) is 1. The molecule has 1 aliphatic rings. The molecule has 0 amide bonds. The molecule has 1 N–H and O–H groups in total.